The van der Waals surface area contributed by atoms with Crippen LogP contribution in [0.4, 0.5) is 18.9 Å². The predicted octanol–water partition coefficient (Wildman–Crippen LogP) is 2.54. The van der Waals surface area contributed by atoms with Crippen LogP contribution in [0, 0.1) is 18.2 Å². The Hall–Kier alpha value is -3.74. The lowest BCUT2D eigenvalue weighted by atomic mass is 9.63. The molecule has 1 unspecified atom stereocenters. The number of amides is 2. The molecule has 0 radical (unpaired) electrons. The number of rotatable bonds is 2. The van der Waals surface area contributed by atoms with E-state index in [9.17, 15) is 23.2 Å². The highest BCUT2D eigenvalue weighted by Crippen LogP contribution is 2.50. The third-order valence-electron chi connectivity index (χ3n) is 7.49. The van der Waals surface area contributed by atoms with Gasteiger partial charge >= 0.3 is 0 Å². The molecule has 1 aromatic carbocycles. The molecule has 5 heterocycles. The van der Waals surface area contributed by atoms with E-state index < -0.39 is 59.5 Å². The van der Waals surface area contributed by atoms with Crippen molar-refractivity contribution in [3.05, 3.63) is 34.9 Å². The number of hydrogen-bond acceptors (Lipinski definition) is 8. The molecular weight excluding hydrogens is 495 g/mol. The molecular formula is C24H22F3N5O5. The van der Waals surface area contributed by atoms with E-state index in [2.05, 4.69) is 15.6 Å². The number of aromatic nitrogens is 3. The van der Waals surface area contributed by atoms with Crippen LogP contribution in [0.5, 0.6) is 0 Å². The van der Waals surface area contributed by atoms with Gasteiger partial charge in [-0.15, -0.1) is 0 Å². The van der Waals surface area contributed by atoms with Gasteiger partial charge in [-0.2, -0.15) is 5.10 Å². The number of hydrogen-bond donors (Lipinski definition) is 1. The molecule has 194 valence electrons. The van der Waals surface area contributed by atoms with E-state index in [-0.39, 0.29) is 41.5 Å². The van der Waals surface area contributed by atoms with Crippen LogP contribution < -0.4 is 10.2 Å². The summed E-state index contributed by atoms with van der Waals surface area (Å²) >= 11 is 0. The number of ether oxygens (including phenoxy) is 1. The SMILES string of the molecule is Cc1cc(C(F)F)nn1-c1noc2c(F)c3c(cc12)CC1(C(=O)CC(=O)NC1=O)[C@H]1[C@H](C)O[C@H](C)CN31. The molecule has 10 nitrogen and oxygen atoms in total. The quantitative estimate of drug-likeness (QED) is 0.407. The zero-order valence-electron chi connectivity index (χ0n) is 20.0. The van der Waals surface area contributed by atoms with Gasteiger partial charge < -0.3 is 14.2 Å². The molecule has 1 spiro atoms. The monoisotopic (exact) mass is 517 g/mol. The Labute approximate surface area is 207 Å². The first-order valence-electron chi connectivity index (χ1n) is 11.8. The van der Waals surface area contributed by atoms with Gasteiger partial charge in [-0.25, -0.2) is 17.9 Å². The second-order valence-corrected chi connectivity index (χ2v) is 9.88. The van der Waals surface area contributed by atoms with Crippen LogP contribution in [0.15, 0.2) is 16.7 Å². The topological polar surface area (TPSA) is 120 Å². The number of alkyl halides is 2. The van der Waals surface area contributed by atoms with Crippen LogP contribution in [0.25, 0.3) is 16.8 Å². The molecule has 6 rings (SSSR count). The lowest BCUT2D eigenvalue weighted by Gasteiger charge is -2.55. The molecule has 3 aliphatic heterocycles. The van der Waals surface area contributed by atoms with Crippen molar-refractivity contribution < 1.29 is 36.8 Å². The van der Waals surface area contributed by atoms with Crippen LogP contribution >= 0.6 is 0 Å². The maximum absolute atomic E-state index is 16.1. The van der Waals surface area contributed by atoms with Crippen molar-refractivity contribution in [1.82, 2.24) is 20.3 Å². The van der Waals surface area contributed by atoms with E-state index in [0.717, 1.165) is 4.68 Å². The summed E-state index contributed by atoms with van der Waals surface area (Å²) in [7, 11) is 0. The van der Waals surface area contributed by atoms with E-state index in [1.807, 2.05) is 0 Å². The van der Waals surface area contributed by atoms with E-state index in [1.165, 1.54) is 6.07 Å². The number of benzene rings is 1. The Bertz CT molecular complexity index is 1480. The highest BCUT2D eigenvalue weighted by atomic mass is 19.3. The van der Waals surface area contributed by atoms with Gasteiger partial charge in [0, 0.05) is 12.2 Å². The average Bonchev–Trinajstić information content (AvgIpc) is 3.40. The Kier molecular flexibility index (Phi) is 5.03. The number of imide groups is 1. The number of carbonyl (C=O) groups is 3. The molecule has 2 saturated heterocycles. The summed E-state index contributed by atoms with van der Waals surface area (Å²) in [5.74, 6) is -2.78. The summed E-state index contributed by atoms with van der Waals surface area (Å²) < 4.78 is 55.0. The first-order valence-corrected chi connectivity index (χ1v) is 11.8. The van der Waals surface area contributed by atoms with Gasteiger partial charge in [0.2, 0.25) is 23.2 Å². The standard InChI is InChI=1S/C24H22F3N5O5/c1-9-4-14(21(26)27)29-32(9)22-13-5-12-7-24(15(33)6-16(34)28-23(24)35)20-11(3)36-10(2)8-31(20)18(12)17(25)19(13)37-30-22/h4-5,10-11,20-21H,6-8H2,1-3H3,(H,28,34,35)/t10-,11+,20-,24?/m1/s1. The summed E-state index contributed by atoms with van der Waals surface area (Å²) in [5.41, 5.74) is -1.57. The van der Waals surface area contributed by atoms with Gasteiger partial charge in [-0.05, 0) is 44.9 Å². The fourth-order valence-electron chi connectivity index (χ4n) is 6.11. The molecule has 2 amide bonds. The van der Waals surface area contributed by atoms with Crippen LogP contribution in [0.1, 0.15) is 43.6 Å². The predicted molar refractivity (Wildman–Crippen MR) is 121 cm³/mol. The van der Waals surface area contributed by atoms with Crippen LogP contribution in [-0.2, 0) is 25.5 Å². The number of ketones is 1. The molecule has 0 bridgehead atoms. The molecule has 2 fully saturated rings. The number of carbonyl (C=O) groups excluding carboxylic acids is 3. The van der Waals surface area contributed by atoms with Gasteiger partial charge in [-0.1, -0.05) is 5.16 Å². The second-order valence-electron chi connectivity index (χ2n) is 9.88. The van der Waals surface area contributed by atoms with Crippen molar-refractivity contribution in [3.8, 4) is 5.82 Å². The van der Waals surface area contributed by atoms with E-state index >= 15 is 4.39 Å². The Morgan fingerprint density at radius 1 is 1.22 bits per heavy atom. The maximum Gasteiger partial charge on any atom is 0.282 e. The molecule has 3 aliphatic rings. The Balaban J connectivity index is 1.58. The maximum atomic E-state index is 16.1. The molecule has 0 saturated carbocycles. The fraction of sp³-hybridized carbons (Fsp3) is 0.458. The smallest absolute Gasteiger partial charge is 0.282 e. The second kappa shape index (κ2) is 7.88. The van der Waals surface area contributed by atoms with E-state index in [4.69, 9.17) is 9.26 Å². The molecule has 13 heteroatoms. The van der Waals surface area contributed by atoms with Crippen LogP contribution in [0.2, 0.25) is 0 Å². The minimum atomic E-state index is -2.82. The first-order chi connectivity index (χ1) is 17.5. The van der Waals surface area contributed by atoms with Gasteiger partial charge in [0.25, 0.3) is 6.43 Å². The zero-order valence-corrected chi connectivity index (χ0v) is 20.0. The highest BCUT2D eigenvalue weighted by Gasteiger charge is 2.62. The number of morpholine rings is 1. The molecule has 37 heavy (non-hydrogen) atoms. The first kappa shape index (κ1) is 23.6. The molecule has 4 atom stereocenters. The number of nitrogens with one attached hydrogen (secondary N) is 1. The minimum Gasteiger partial charge on any atom is -0.372 e. The normalized spacial score (nSPS) is 27.7. The number of piperidine rings is 1. The van der Waals surface area contributed by atoms with Crippen molar-refractivity contribution in [3.63, 3.8) is 0 Å². The number of Topliss-reactive ketones (excluding diaryl/α,β-unsaturated/α-hetero) is 1. The van der Waals surface area contributed by atoms with Gasteiger partial charge in [0.05, 0.1) is 35.7 Å². The summed E-state index contributed by atoms with van der Waals surface area (Å²) in [6.45, 7) is 5.23. The Morgan fingerprint density at radius 2 is 1.97 bits per heavy atom. The van der Waals surface area contributed by atoms with Crippen molar-refractivity contribution >= 4 is 34.3 Å². The summed E-state index contributed by atoms with van der Waals surface area (Å²) in [5, 5.41) is 10.2. The molecule has 2 aromatic heterocycles. The average molecular weight is 517 g/mol. The highest BCUT2D eigenvalue weighted by molar-refractivity contribution is 6.22. The van der Waals surface area contributed by atoms with Gasteiger partial charge in [0.1, 0.15) is 11.1 Å². The third kappa shape index (κ3) is 3.19. The number of fused-ring (bicyclic) bond motifs is 5. The zero-order chi connectivity index (χ0) is 26.4. The molecule has 0 aliphatic carbocycles. The van der Waals surface area contributed by atoms with Gasteiger partial charge in [-0.3, -0.25) is 19.7 Å². The third-order valence-corrected chi connectivity index (χ3v) is 7.49. The van der Waals surface area contributed by atoms with E-state index in [0.29, 0.717) is 11.3 Å². The Morgan fingerprint density at radius 3 is 2.65 bits per heavy atom. The summed E-state index contributed by atoms with van der Waals surface area (Å²) in [4.78, 5) is 40.4. The van der Waals surface area contributed by atoms with Crippen molar-refractivity contribution in [2.24, 2.45) is 5.41 Å². The number of halogens is 3. The lowest BCUT2D eigenvalue weighted by Crippen LogP contribution is -2.72. The van der Waals surface area contributed by atoms with E-state index in [1.54, 1.807) is 31.7 Å². The number of nitrogens with zero attached hydrogens (tertiary/aromatic N) is 4. The van der Waals surface area contributed by atoms with Crippen LogP contribution in [0.3, 0.4) is 0 Å². The largest absolute Gasteiger partial charge is 0.372 e. The van der Waals surface area contributed by atoms with Gasteiger partial charge in [0.15, 0.2) is 11.6 Å². The fourth-order valence-corrected chi connectivity index (χ4v) is 6.11. The molecule has 1 N–H and O–H groups in total. The number of anilines is 1. The summed E-state index contributed by atoms with van der Waals surface area (Å²) in [6, 6.07) is 1.87. The molecule has 3 aromatic rings. The van der Waals surface area contributed by atoms with Crippen LogP contribution in [-0.4, -0.2) is 57.3 Å². The van der Waals surface area contributed by atoms with Crippen molar-refractivity contribution in [1.29, 1.82) is 0 Å². The van der Waals surface area contributed by atoms with Crippen molar-refractivity contribution in [2.75, 3.05) is 11.4 Å². The summed E-state index contributed by atoms with van der Waals surface area (Å²) in [6.07, 6.45) is -4.48. The number of aryl methyl sites for hydroxylation is 1. The lowest BCUT2D eigenvalue weighted by molar-refractivity contribution is -0.158. The van der Waals surface area contributed by atoms with Crippen molar-refractivity contribution in [2.45, 2.75) is 58.3 Å². The minimum absolute atomic E-state index is 0.00409.